The highest BCUT2D eigenvalue weighted by atomic mass is 79.9. The first-order valence-corrected chi connectivity index (χ1v) is 6.42. The van der Waals surface area contributed by atoms with Gasteiger partial charge in [-0.3, -0.25) is 0 Å². The maximum atomic E-state index is 8.37. The zero-order chi connectivity index (χ0) is 11.8. The zero-order valence-electron chi connectivity index (χ0n) is 8.97. The van der Waals surface area contributed by atoms with E-state index in [-0.39, 0.29) is 0 Å². The number of nitrogens with one attached hydrogen (secondary N) is 1. The van der Waals surface area contributed by atoms with Gasteiger partial charge in [-0.15, -0.1) is 0 Å². The van der Waals surface area contributed by atoms with Crippen LogP contribution >= 0.6 is 27.5 Å². The molecular weight excluding hydrogens is 288 g/mol. The molecule has 1 N–H and O–H groups in total. The van der Waals surface area contributed by atoms with E-state index in [0.29, 0.717) is 6.42 Å². The Kier molecular flexibility index (Phi) is 6.47. The summed E-state index contributed by atoms with van der Waals surface area (Å²) in [4.78, 5) is 0. The zero-order valence-corrected chi connectivity index (χ0v) is 11.3. The summed E-state index contributed by atoms with van der Waals surface area (Å²) >= 11 is 9.47. The molecule has 0 aliphatic carbocycles. The number of nitriles is 1. The van der Waals surface area contributed by atoms with Crippen LogP contribution in [0.15, 0.2) is 22.7 Å². The number of benzene rings is 1. The van der Waals surface area contributed by atoms with Crippen LogP contribution in [0.5, 0.6) is 0 Å². The van der Waals surface area contributed by atoms with E-state index in [1.54, 1.807) is 0 Å². The van der Waals surface area contributed by atoms with Crippen LogP contribution < -0.4 is 5.32 Å². The fraction of sp³-hybridized carbons (Fsp3) is 0.417. The van der Waals surface area contributed by atoms with E-state index in [9.17, 15) is 0 Å². The summed E-state index contributed by atoms with van der Waals surface area (Å²) in [5.74, 6) is 0. The molecular formula is C12H14BrClN2. The maximum absolute atomic E-state index is 8.37. The lowest BCUT2D eigenvalue weighted by Crippen LogP contribution is -2.14. The maximum Gasteiger partial charge on any atom is 0.0621 e. The van der Waals surface area contributed by atoms with Gasteiger partial charge in [0.05, 0.1) is 6.07 Å². The lowest BCUT2D eigenvalue weighted by molar-refractivity contribution is 0.628. The lowest BCUT2D eigenvalue weighted by Gasteiger charge is -2.06. The smallest absolute Gasteiger partial charge is 0.0621 e. The molecule has 4 heteroatoms. The molecule has 0 spiro atoms. The van der Waals surface area contributed by atoms with E-state index in [4.69, 9.17) is 16.9 Å². The highest BCUT2D eigenvalue weighted by Crippen LogP contribution is 2.20. The van der Waals surface area contributed by atoms with Gasteiger partial charge in [0.15, 0.2) is 0 Å². The molecule has 0 radical (unpaired) electrons. The Morgan fingerprint density at radius 1 is 1.38 bits per heavy atom. The molecule has 0 heterocycles. The molecule has 0 bridgehead atoms. The third-order valence-electron chi connectivity index (χ3n) is 2.22. The van der Waals surface area contributed by atoms with Crippen molar-refractivity contribution in [1.82, 2.24) is 5.32 Å². The summed E-state index contributed by atoms with van der Waals surface area (Å²) in [6, 6.07) is 7.97. The predicted molar refractivity (Wildman–Crippen MR) is 70.3 cm³/mol. The Labute approximate surface area is 110 Å². The van der Waals surface area contributed by atoms with Crippen molar-refractivity contribution < 1.29 is 0 Å². The minimum atomic E-state index is 0.638. The minimum Gasteiger partial charge on any atom is -0.313 e. The van der Waals surface area contributed by atoms with Crippen molar-refractivity contribution in [1.29, 1.82) is 5.26 Å². The Morgan fingerprint density at radius 3 is 2.94 bits per heavy atom. The van der Waals surface area contributed by atoms with E-state index in [1.807, 2.05) is 18.2 Å². The number of hydrogen-bond donors (Lipinski definition) is 1. The van der Waals surface area contributed by atoms with Gasteiger partial charge >= 0.3 is 0 Å². The first-order valence-electron chi connectivity index (χ1n) is 5.25. The second kappa shape index (κ2) is 7.67. The van der Waals surface area contributed by atoms with Crippen LogP contribution in [0, 0.1) is 11.3 Å². The first kappa shape index (κ1) is 13.5. The number of unbranched alkanes of at least 4 members (excludes halogenated alkanes) is 2. The van der Waals surface area contributed by atoms with Crippen LogP contribution in [-0.4, -0.2) is 6.54 Å². The van der Waals surface area contributed by atoms with Gasteiger partial charge in [-0.2, -0.15) is 5.26 Å². The van der Waals surface area contributed by atoms with E-state index in [1.165, 1.54) is 0 Å². The average molecular weight is 302 g/mol. The van der Waals surface area contributed by atoms with Gasteiger partial charge in [0.25, 0.3) is 0 Å². The molecule has 0 aromatic heterocycles. The molecule has 16 heavy (non-hydrogen) atoms. The highest BCUT2D eigenvalue weighted by Gasteiger charge is 2.00. The van der Waals surface area contributed by atoms with Crippen LogP contribution in [0.4, 0.5) is 0 Å². The molecule has 0 aliphatic heterocycles. The van der Waals surface area contributed by atoms with Crippen LogP contribution in [0.2, 0.25) is 5.02 Å². The molecule has 0 fully saturated rings. The van der Waals surface area contributed by atoms with Crippen molar-refractivity contribution in [2.75, 3.05) is 6.54 Å². The summed E-state index contributed by atoms with van der Waals surface area (Å²) in [7, 11) is 0. The van der Waals surface area contributed by atoms with Crippen molar-refractivity contribution in [2.24, 2.45) is 0 Å². The molecule has 1 aromatic carbocycles. The van der Waals surface area contributed by atoms with Crippen molar-refractivity contribution in [3.63, 3.8) is 0 Å². The number of halogens is 2. The second-order valence-electron chi connectivity index (χ2n) is 3.53. The third kappa shape index (κ3) is 4.98. The molecule has 86 valence electrons. The highest BCUT2D eigenvalue weighted by molar-refractivity contribution is 9.10. The summed E-state index contributed by atoms with van der Waals surface area (Å²) < 4.78 is 1.04. The number of nitrogens with zero attached hydrogens (tertiary/aromatic N) is 1. The minimum absolute atomic E-state index is 0.638. The monoisotopic (exact) mass is 300 g/mol. The third-order valence-corrected chi connectivity index (χ3v) is 3.08. The van der Waals surface area contributed by atoms with E-state index >= 15 is 0 Å². The molecule has 1 rings (SSSR count). The first-order chi connectivity index (χ1) is 7.74. The molecule has 0 saturated carbocycles. The van der Waals surface area contributed by atoms with Crippen LogP contribution in [0.3, 0.4) is 0 Å². The molecule has 0 amide bonds. The fourth-order valence-electron chi connectivity index (χ4n) is 1.36. The summed E-state index contributed by atoms with van der Waals surface area (Å²) in [6.45, 7) is 1.69. The van der Waals surface area contributed by atoms with Gasteiger partial charge in [-0.1, -0.05) is 27.5 Å². The number of rotatable bonds is 6. The SMILES string of the molecule is N#CCCCCNCc1cc(Br)ccc1Cl. The van der Waals surface area contributed by atoms with E-state index in [0.717, 1.165) is 41.0 Å². The molecule has 0 aliphatic rings. The lowest BCUT2D eigenvalue weighted by atomic mass is 10.2. The van der Waals surface area contributed by atoms with E-state index < -0.39 is 0 Å². The van der Waals surface area contributed by atoms with Gasteiger partial charge in [-0.25, -0.2) is 0 Å². The molecule has 2 nitrogen and oxygen atoms in total. The second-order valence-corrected chi connectivity index (χ2v) is 4.85. The van der Waals surface area contributed by atoms with Gasteiger partial charge in [0.1, 0.15) is 0 Å². The standard InChI is InChI=1S/C12H14BrClN2/c13-11-4-5-12(14)10(8-11)9-16-7-3-1-2-6-15/h4-5,8,16H,1-3,7,9H2. The van der Waals surface area contributed by atoms with Crippen LogP contribution in [0.25, 0.3) is 0 Å². The Bertz CT molecular complexity index is 374. The van der Waals surface area contributed by atoms with Gasteiger partial charge in [0, 0.05) is 22.5 Å². The van der Waals surface area contributed by atoms with Crippen molar-refractivity contribution in [3.05, 3.63) is 33.3 Å². The summed E-state index contributed by atoms with van der Waals surface area (Å²) in [5, 5.41) is 12.5. The molecule has 0 saturated heterocycles. The largest absolute Gasteiger partial charge is 0.313 e. The number of hydrogen-bond acceptors (Lipinski definition) is 2. The summed E-state index contributed by atoms with van der Waals surface area (Å²) in [6.07, 6.45) is 2.62. The quantitative estimate of drug-likeness (QED) is 0.809. The van der Waals surface area contributed by atoms with Crippen LogP contribution in [-0.2, 0) is 6.54 Å². The van der Waals surface area contributed by atoms with Gasteiger partial charge in [-0.05, 0) is 43.1 Å². The Balaban J connectivity index is 2.27. The Morgan fingerprint density at radius 2 is 2.19 bits per heavy atom. The molecule has 0 atom stereocenters. The van der Waals surface area contributed by atoms with Gasteiger partial charge < -0.3 is 5.32 Å². The summed E-state index contributed by atoms with van der Waals surface area (Å²) in [5.41, 5.74) is 1.09. The topological polar surface area (TPSA) is 35.8 Å². The Hall–Kier alpha value is -0.560. The van der Waals surface area contributed by atoms with Gasteiger partial charge in [0.2, 0.25) is 0 Å². The fourth-order valence-corrected chi connectivity index (χ4v) is 1.95. The van der Waals surface area contributed by atoms with Crippen LogP contribution in [0.1, 0.15) is 24.8 Å². The average Bonchev–Trinajstić information content (AvgIpc) is 2.28. The predicted octanol–water partition coefficient (Wildman–Crippen LogP) is 3.89. The van der Waals surface area contributed by atoms with Crippen molar-refractivity contribution in [3.8, 4) is 6.07 Å². The molecule has 1 aromatic rings. The van der Waals surface area contributed by atoms with Crippen molar-refractivity contribution >= 4 is 27.5 Å². The van der Waals surface area contributed by atoms with Crippen molar-refractivity contribution in [2.45, 2.75) is 25.8 Å². The normalized spacial score (nSPS) is 10.1. The molecule has 0 unspecified atom stereocenters. The van der Waals surface area contributed by atoms with E-state index in [2.05, 4.69) is 27.3 Å².